The highest BCUT2D eigenvalue weighted by Gasteiger charge is 2.38. The van der Waals surface area contributed by atoms with Crippen molar-refractivity contribution in [1.82, 2.24) is 0 Å². The Balaban J connectivity index is 1.48. The first-order valence-corrected chi connectivity index (χ1v) is 9.73. The number of rotatable bonds is 4. The SMILES string of the molecule is O=[N+]([O-])c1cccc([C@@H]2Nc3ccc(Oc4ccccc4)cc3[C@@H]3C=CC[C@@H]32)c1. The van der Waals surface area contributed by atoms with Gasteiger partial charge in [0.05, 0.1) is 11.0 Å². The summed E-state index contributed by atoms with van der Waals surface area (Å²) in [5, 5.41) is 14.8. The molecule has 3 aromatic carbocycles. The van der Waals surface area contributed by atoms with E-state index in [0.717, 1.165) is 29.2 Å². The number of anilines is 1. The highest BCUT2D eigenvalue weighted by Crippen LogP contribution is 2.50. The zero-order valence-electron chi connectivity index (χ0n) is 15.7. The number of nitro groups is 1. The third-order valence-electron chi connectivity index (χ3n) is 5.75. The predicted molar refractivity (Wildman–Crippen MR) is 112 cm³/mol. The maximum atomic E-state index is 11.2. The predicted octanol–water partition coefficient (Wildman–Crippen LogP) is 6.21. The smallest absolute Gasteiger partial charge is 0.269 e. The van der Waals surface area contributed by atoms with E-state index in [1.165, 1.54) is 11.6 Å². The first kappa shape index (κ1) is 17.5. The van der Waals surface area contributed by atoms with E-state index in [4.69, 9.17) is 4.74 Å². The Hall–Kier alpha value is -3.60. The molecule has 0 aromatic heterocycles. The van der Waals surface area contributed by atoms with E-state index in [-0.39, 0.29) is 22.6 Å². The third kappa shape index (κ3) is 3.25. The number of hydrogen-bond acceptors (Lipinski definition) is 4. The molecule has 0 saturated carbocycles. The van der Waals surface area contributed by atoms with Gasteiger partial charge in [-0.05, 0) is 53.8 Å². The lowest BCUT2D eigenvalue weighted by molar-refractivity contribution is -0.384. The molecule has 5 heteroatoms. The van der Waals surface area contributed by atoms with Gasteiger partial charge in [-0.25, -0.2) is 0 Å². The summed E-state index contributed by atoms with van der Waals surface area (Å²) in [5.41, 5.74) is 3.34. The van der Waals surface area contributed by atoms with Crippen molar-refractivity contribution >= 4 is 11.4 Å². The van der Waals surface area contributed by atoms with Crippen LogP contribution in [0.25, 0.3) is 0 Å². The lowest BCUT2D eigenvalue weighted by Crippen LogP contribution is -2.29. The molecule has 3 aromatic rings. The summed E-state index contributed by atoms with van der Waals surface area (Å²) in [5.74, 6) is 2.19. The molecule has 0 amide bonds. The van der Waals surface area contributed by atoms with Crippen LogP contribution >= 0.6 is 0 Å². The van der Waals surface area contributed by atoms with Crippen molar-refractivity contribution in [3.05, 3.63) is 106 Å². The van der Waals surface area contributed by atoms with Gasteiger partial charge in [0.25, 0.3) is 5.69 Å². The van der Waals surface area contributed by atoms with E-state index in [9.17, 15) is 10.1 Å². The molecule has 0 radical (unpaired) electrons. The van der Waals surface area contributed by atoms with Crippen LogP contribution in [0.15, 0.2) is 84.9 Å². The summed E-state index contributed by atoms with van der Waals surface area (Å²) in [6, 6.07) is 22.8. The maximum absolute atomic E-state index is 11.2. The topological polar surface area (TPSA) is 64.4 Å². The van der Waals surface area contributed by atoms with Crippen molar-refractivity contribution in [2.45, 2.75) is 18.4 Å². The molecular weight excluding hydrogens is 364 g/mol. The summed E-state index contributed by atoms with van der Waals surface area (Å²) in [4.78, 5) is 10.9. The summed E-state index contributed by atoms with van der Waals surface area (Å²) in [6.45, 7) is 0. The quantitative estimate of drug-likeness (QED) is 0.330. The molecule has 5 nitrogen and oxygen atoms in total. The van der Waals surface area contributed by atoms with Gasteiger partial charge in [0.2, 0.25) is 0 Å². The molecule has 1 heterocycles. The zero-order valence-corrected chi connectivity index (χ0v) is 15.7. The summed E-state index contributed by atoms with van der Waals surface area (Å²) < 4.78 is 6.02. The Morgan fingerprint density at radius 1 is 0.966 bits per heavy atom. The van der Waals surface area contributed by atoms with Crippen LogP contribution in [0.5, 0.6) is 11.5 Å². The van der Waals surface area contributed by atoms with E-state index in [1.807, 2.05) is 48.5 Å². The van der Waals surface area contributed by atoms with Gasteiger partial charge in [0, 0.05) is 23.7 Å². The molecule has 3 atom stereocenters. The number of para-hydroxylation sites is 1. The minimum absolute atomic E-state index is 0.0308. The molecule has 0 spiro atoms. The van der Waals surface area contributed by atoms with Crippen molar-refractivity contribution in [2.75, 3.05) is 5.32 Å². The second-order valence-corrected chi connectivity index (χ2v) is 7.49. The van der Waals surface area contributed by atoms with Crippen molar-refractivity contribution in [3.63, 3.8) is 0 Å². The van der Waals surface area contributed by atoms with E-state index < -0.39 is 0 Å². The Morgan fingerprint density at radius 2 is 1.83 bits per heavy atom. The van der Waals surface area contributed by atoms with Crippen molar-refractivity contribution in [2.24, 2.45) is 5.92 Å². The van der Waals surface area contributed by atoms with Crippen LogP contribution in [0.2, 0.25) is 0 Å². The zero-order chi connectivity index (χ0) is 19.8. The Kier molecular flexibility index (Phi) is 4.28. The molecule has 2 aliphatic rings. The molecule has 144 valence electrons. The fourth-order valence-electron chi connectivity index (χ4n) is 4.42. The standard InChI is InChI=1S/C24H20N2O3/c27-26(28)17-7-4-6-16(14-17)24-21-11-5-10-20(21)22-15-19(12-13-23(22)25-24)29-18-8-2-1-3-9-18/h1-10,12-15,20-21,24-25H,11H2/t20-,21+,24+/m1/s1. The summed E-state index contributed by atoms with van der Waals surface area (Å²) in [7, 11) is 0. The van der Waals surface area contributed by atoms with Gasteiger partial charge in [-0.1, -0.05) is 42.5 Å². The normalized spacial score (nSPS) is 21.7. The van der Waals surface area contributed by atoms with Crippen molar-refractivity contribution < 1.29 is 9.66 Å². The van der Waals surface area contributed by atoms with Crippen LogP contribution in [0.1, 0.15) is 29.5 Å². The van der Waals surface area contributed by atoms with Crippen molar-refractivity contribution in [1.29, 1.82) is 0 Å². The molecule has 1 aliphatic heterocycles. The molecule has 0 fully saturated rings. The van der Waals surface area contributed by atoms with Gasteiger partial charge in [-0.3, -0.25) is 10.1 Å². The summed E-state index contributed by atoms with van der Waals surface area (Å²) in [6.07, 6.45) is 5.40. The third-order valence-corrected chi connectivity index (χ3v) is 5.75. The fourth-order valence-corrected chi connectivity index (χ4v) is 4.42. The first-order chi connectivity index (χ1) is 14.2. The van der Waals surface area contributed by atoms with Gasteiger partial charge in [0.1, 0.15) is 11.5 Å². The molecule has 5 rings (SSSR count). The number of benzene rings is 3. The van der Waals surface area contributed by atoms with Crippen LogP contribution in [0.4, 0.5) is 11.4 Å². The van der Waals surface area contributed by atoms with Gasteiger partial charge >= 0.3 is 0 Å². The van der Waals surface area contributed by atoms with E-state index in [0.29, 0.717) is 5.92 Å². The average molecular weight is 384 g/mol. The number of allylic oxidation sites excluding steroid dienone is 2. The Bertz CT molecular complexity index is 1090. The maximum Gasteiger partial charge on any atom is 0.269 e. The molecule has 0 saturated heterocycles. The monoisotopic (exact) mass is 384 g/mol. The van der Waals surface area contributed by atoms with Gasteiger partial charge in [0.15, 0.2) is 0 Å². The number of non-ortho nitro benzene ring substituents is 1. The van der Waals surface area contributed by atoms with E-state index >= 15 is 0 Å². The lowest BCUT2D eigenvalue weighted by Gasteiger charge is -2.37. The van der Waals surface area contributed by atoms with Gasteiger partial charge in [-0.2, -0.15) is 0 Å². The van der Waals surface area contributed by atoms with E-state index in [1.54, 1.807) is 12.1 Å². The van der Waals surface area contributed by atoms with Gasteiger partial charge in [-0.15, -0.1) is 0 Å². The molecule has 0 unspecified atom stereocenters. The van der Waals surface area contributed by atoms with E-state index in [2.05, 4.69) is 23.5 Å². The second kappa shape index (κ2) is 7.09. The lowest BCUT2D eigenvalue weighted by atomic mass is 9.77. The highest BCUT2D eigenvalue weighted by molar-refractivity contribution is 5.62. The molecule has 1 aliphatic carbocycles. The average Bonchev–Trinajstić information content (AvgIpc) is 3.24. The molecule has 1 N–H and O–H groups in total. The number of hydrogen-bond donors (Lipinski definition) is 1. The molecular formula is C24H20N2O3. The highest BCUT2D eigenvalue weighted by atomic mass is 16.6. The minimum Gasteiger partial charge on any atom is -0.457 e. The van der Waals surface area contributed by atoms with Crippen molar-refractivity contribution in [3.8, 4) is 11.5 Å². The minimum atomic E-state index is -0.335. The van der Waals surface area contributed by atoms with Crippen LogP contribution in [-0.2, 0) is 0 Å². The molecule has 0 bridgehead atoms. The fraction of sp³-hybridized carbons (Fsp3) is 0.167. The van der Waals surface area contributed by atoms with Crippen LogP contribution in [0.3, 0.4) is 0 Å². The molecule has 29 heavy (non-hydrogen) atoms. The number of fused-ring (bicyclic) bond motifs is 3. The van der Waals surface area contributed by atoms with Crippen LogP contribution in [-0.4, -0.2) is 4.92 Å². The number of nitrogens with zero attached hydrogens (tertiary/aromatic N) is 1. The first-order valence-electron chi connectivity index (χ1n) is 9.73. The van der Waals surface area contributed by atoms with Crippen LogP contribution in [0, 0.1) is 16.0 Å². The number of nitro benzene ring substituents is 1. The second-order valence-electron chi connectivity index (χ2n) is 7.49. The number of ether oxygens (including phenoxy) is 1. The Morgan fingerprint density at radius 3 is 2.66 bits per heavy atom. The largest absolute Gasteiger partial charge is 0.457 e. The van der Waals surface area contributed by atoms with Gasteiger partial charge < -0.3 is 10.1 Å². The number of nitrogens with one attached hydrogen (secondary N) is 1. The van der Waals surface area contributed by atoms with Crippen LogP contribution < -0.4 is 10.1 Å². The summed E-state index contributed by atoms with van der Waals surface area (Å²) >= 11 is 0. The Labute approximate surface area is 168 Å².